The van der Waals surface area contributed by atoms with Gasteiger partial charge in [-0.15, -0.1) is 8.42 Å². The van der Waals surface area contributed by atoms with E-state index in [1.54, 1.807) is 0 Å². The molecule has 7 heteroatoms. The smallest absolute Gasteiger partial charge is 0.147 e. The summed E-state index contributed by atoms with van der Waals surface area (Å²) in [5.41, 5.74) is 4.43. The second-order valence-electron chi connectivity index (χ2n) is 6.33. The van der Waals surface area contributed by atoms with Crippen molar-refractivity contribution in [3.63, 3.8) is 0 Å². The van der Waals surface area contributed by atoms with Crippen molar-refractivity contribution in [2.24, 2.45) is 15.5 Å². The molecule has 0 amide bonds. The highest BCUT2D eigenvalue weighted by Crippen LogP contribution is 2.26. The van der Waals surface area contributed by atoms with Gasteiger partial charge in [0.25, 0.3) is 0 Å². The molecule has 0 N–H and O–H groups in total. The Hall–Kier alpha value is -1.89. The van der Waals surface area contributed by atoms with E-state index in [0.717, 1.165) is 6.34 Å². The molecule has 0 unspecified atom stereocenters. The van der Waals surface area contributed by atoms with Crippen LogP contribution in [0.2, 0.25) is 0 Å². The van der Waals surface area contributed by atoms with Crippen molar-refractivity contribution in [1.29, 1.82) is 0 Å². The van der Waals surface area contributed by atoms with Crippen LogP contribution in [0.5, 0.6) is 0 Å². The molecule has 0 fully saturated rings. The average Bonchev–Trinajstić information content (AvgIpc) is 3.01. The summed E-state index contributed by atoms with van der Waals surface area (Å²) in [6, 6.07) is 7.09. The molecule has 1 aromatic rings. The van der Waals surface area contributed by atoms with Crippen molar-refractivity contribution in [3.8, 4) is 0 Å². The van der Waals surface area contributed by atoms with Gasteiger partial charge >= 0.3 is 16.8 Å². The van der Waals surface area contributed by atoms with E-state index < -0.39 is 10.5 Å². The summed E-state index contributed by atoms with van der Waals surface area (Å²) < 4.78 is 20.4. The molecule has 126 valence electrons. The zero-order valence-corrected chi connectivity index (χ0v) is 15.4. The van der Waals surface area contributed by atoms with Crippen molar-refractivity contribution in [2.75, 3.05) is 0 Å². The van der Waals surface area contributed by atoms with E-state index in [-0.39, 0.29) is 0 Å². The first kappa shape index (κ1) is 19.2. The normalized spacial score (nSPS) is 13.0. The first-order valence-electron chi connectivity index (χ1n) is 7.69. The summed E-state index contributed by atoms with van der Waals surface area (Å²) in [6.07, 6.45) is 0.989. The van der Waals surface area contributed by atoms with Crippen LogP contribution in [0.25, 0.3) is 0 Å². The van der Waals surface area contributed by atoms with E-state index in [1.807, 2.05) is 0 Å². The van der Waals surface area contributed by atoms with Crippen LogP contribution < -0.4 is 0 Å². The lowest BCUT2D eigenvalue weighted by Gasteiger charge is -2.16. The molecule has 0 aliphatic carbocycles. The van der Waals surface area contributed by atoms with Gasteiger partial charge in [-0.25, -0.2) is 0 Å². The van der Waals surface area contributed by atoms with E-state index in [1.165, 1.54) is 16.7 Å². The highest BCUT2D eigenvalue weighted by atomic mass is 32.2. The van der Waals surface area contributed by atoms with Gasteiger partial charge in [0, 0.05) is 4.05 Å². The van der Waals surface area contributed by atoms with Gasteiger partial charge in [0.15, 0.2) is 0 Å². The van der Waals surface area contributed by atoms with Crippen LogP contribution >= 0.6 is 0 Å². The Morgan fingerprint density at radius 2 is 1.22 bits per heavy atom. The molecule has 1 aromatic carbocycles. The van der Waals surface area contributed by atoms with Crippen LogP contribution in [0.4, 0.5) is 0 Å². The van der Waals surface area contributed by atoms with E-state index in [2.05, 4.69) is 75.3 Å². The summed E-state index contributed by atoms with van der Waals surface area (Å²) in [7, 11) is -2.37. The number of hydrogen-bond acceptors (Lipinski definition) is 4. The summed E-state index contributed by atoms with van der Waals surface area (Å²) in [4.78, 5) is 0. The fourth-order valence-electron chi connectivity index (χ4n) is 1.92. The van der Waals surface area contributed by atoms with Crippen LogP contribution in [-0.2, 0) is 10.5 Å². The molecule has 0 aromatic heterocycles. The van der Waals surface area contributed by atoms with Gasteiger partial charge in [-0.3, -0.25) is 0 Å². The van der Waals surface area contributed by atoms with Crippen molar-refractivity contribution in [1.82, 2.24) is 0 Å². The second-order valence-corrected chi connectivity index (χ2v) is 7.13. The second kappa shape index (κ2) is 8.67. The topological polar surface area (TPSA) is 74.2 Å². The molecule has 1 aliphatic rings. The van der Waals surface area contributed by atoms with Gasteiger partial charge in [0.05, 0.1) is 0 Å². The molecule has 0 bridgehead atoms. The fourth-order valence-corrected chi connectivity index (χ4v) is 2.13. The number of benzene rings is 1. The van der Waals surface area contributed by atoms with Gasteiger partial charge in [-0.05, 0) is 34.4 Å². The molecule has 0 radical (unpaired) electrons. The fraction of sp³-hybridized carbons (Fsp3) is 0.562. The van der Waals surface area contributed by atoms with Crippen LogP contribution in [0.3, 0.4) is 0 Å². The molecule has 0 atom stereocenters. The minimum Gasteiger partial charge on any atom is -0.147 e. The van der Waals surface area contributed by atoms with Crippen molar-refractivity contribution < 1.29 is 12.5 Å². The van der Waals surface area contributed by atoms with Crippen molar-refractivity contribution in [2.45, 2.75) is 59.3 Å². The van der Waals surface area contributed by atoms with E-state index >= 15 is 0 Å². The van der Waals surface area contributed by atoms with Gasteiger partial charge in [0.2, 0.25) is 5.22 Å². The number of rotatable bonds is 3. The summed E-state index contributed by atoms with van der Waals surface area (Å²) in [5.74, 6) is 1.88. The minimum absolute atomic E-state index is 0.611. The summed E-state index contributed by atoms with van der Waals surface area (Å²) in [5, 5.41) is 9.22. The zero-order chi connectivity index (χ0) is 17.6. The Kier molecular flexibility index (Phi) is 7.22. The molecule has 6 nitrogen and oxygen atoms in total. The lowest BCUT2D eigenvalue weighted by molar-refractivity contribution is -0.378. The third kappa shape index (κ3) is 6.02. The van der Waals surface area contributed by atoms with Gasteiger partial charge in [-0.2, -0.15) is 0 Å². The molecule has 23 heavy (non-hydrogen) atoms. The minimum atomic E-state index is -2.37. The number of hydrogen-bond donors (Lipinski definition) is 0. The first-order valence-corrected chi connectivity index (χ1v) is 8.73. The van der Waals surface area contributed by atoms with Crippen LogP contribution in [0.1, 0.15) is 76.0 Å². The van der Waals surface area contributed by atoms with Crippen LogP contribution in [0.15, 0.2) is 33.7 Å². The lowest BCUT2D eigenvalue weighted by Crippen LogP contribution is -1.98. The predicted octanol–water partition coefficient (Wildman–Crippen LogP) is 4.44. The van der Waals surface area contributed by atoms with Crippen LogP contribution in [-0.4, -0.2) is 18.8 Å². The maximum absolute atomic E-state index is 9.88. The highest BCUT2D eigenvalue weighted by molar-refractivity contribution is 7.59. The first-order chi connectivity index (χ1) is 10.7. The maximum atomic E-state index is 9.88. The molecule has 0 saturated carbocycles. The van der Waals surface area contributed by atoms with Gasteiger partial charge in [-0.1, -0.05) is 59.7 Å². The molecule has 2 rings (SSSR count). The largest absolute Gasteiger partial charge is 0.377 e. The molecular weight excluding hydrogens is 312 g/mol. The SMILES string of the molecule is CC(C)c1cc(C(C)C)cc(C(C)C)c1.O=S(=O)=[N+]1C=NN=N1. The predicted molar refractivity (Wildman–Crippen MR) is 91.2 cm³/mol. The van der Waals surface area contributed by atoms with Crippen molar-refractivity contribution in [3.05, 3.63) is 34.9 Å². The number of nitrogens with zero attached hydrogens (tertiary/aromatic N) is 4. The van der Waals surface area contributed by atoms with E-state index in [0.29, 0.717) is 21.8 Å². The Morgan fingerprint density at radius 3 is 1.39 bits per heavy atom. The third-order valence-corrected chi connectivity index (χ3v) is 3.96. The van der Waals surface area contributed by atoms with Gasteiger partial charge < -0.3 is 0 Å². The Labute approximate surface area is 139 Å². The summed E-state index contributed by atoms with van der Waals surface area (Å²) >= 11 is 0. The molecule has 0 saturated heterocycles. The molecular formula is C16H25N4O2S+. The van der Waals surface area contributed by atoms with E-state index in [9.17, 15) is 8.42 Å². The third-order valence-electron chi connectivity index (χ3n) is 3.48. The molecule has 1 heterocycles. The zero-order valence-electron chi connectivity index (χ0n) is 14.6. The standard InChI is InChI=1S/C15H24.CHN4O2S/c1-10(2)13-7-14(11(3)4)9-15(8-13)12(5)6;6-8(7)5-1-2-3-4-5/h7-12H,1-6H3;1H/q;+1. The Bertz CT molecular complexity index is 646. The maximum Gasteiger partial charge on any atom is 0.377 e. The van der Waals surface area contributed by atoms with Crippen LogP contribution in [0, 0.1) is 0 Å². The molecule has 0 spiro atoms. The average molecular weight is 337 g/mol. The Morgan fingerprint density at radius 1 is 0.826 bits per heavy atom. The highest BCUT2D eigenvalue weighted by Gasteiger charge is 2.08. The van der Waals surface area contributed by atoms with Crippen molar-refractivity contribution >= 4 is 16.8 Å². The lowest BCUT2D eigenvalue weighted by atomic mass is 9.90. The molecule has 1 aliphatic heterocycles. The monoisotopic (exact) mass is 337 g/mol. The quantitative estimate of drug-likeness (QED) is 0.765. The Balaban J connectivity index is 0.000000277. The van der Waals surface area contributed by atoms with E-state index in [4.69, 9.17) is 0 Å². The van der Waals surface area contributed by atoms with Gasteiger partial charge in [0.1, 0.15) is 10.3 Å². The summed E-state index contributed by atoms with van der Waals surface area (Å²) in [6.45, 7) is 13.6.